The summed E-state index contributed by atoms with van der Waals surface area (Å²) in [6, 6.07) is 21.9. The molecule has 228 valence electrons. The molecule has 1 heterocycles. The molecule has 0 atom stereocenters. The fraction of sp³-hybridized carbons (Fsp3) is 0.0909. The van der Waals surface area contributed by atoms with E-state index in [2.05, 4.69) is 31.4 Å². The van der Waals surface area contributed by atoms with Gasteiger partial charge in [-0.1, -0.05) is 45.7 Å². The van der Waals surface area contributed by atoms with Crippen LogP contribution in [-0.4, -0.2) is 43.3 Å². The number of carbonyl (C=O) groups is 3. The monoisotopic (exact) mass is 689 g/mol. The predicted molar refractivity (Wildman–Crippen MR) is 174 cm³/mol. The Bertz CT molecular complexity index is 1970. The van der Waals surface area contributed by atoms with Crippen LogP contribution in [0.5, 0.6) is 23.0 Å². The number of ether oxygens (including phenoxy) is 4. The molecule has 5 aromatic rings. The van der Waals surface area contributed by atoms with Crippen LogP contribution in [0.4, 0.5) is 0 Å². The predicted octanol–water partition coefficient (Wildman–Crippen LogP) is 7.18. The quantitative estimate of drug-likeness (QED) is 0.0726. The summed E-state index contributed by atoms with van der Waals surface area (Å²) in [4.78, 5) is 41.0. The van der Waals surface area contributed by atoms with Crippen LogP contribution in [0.1, 0.15) is 33.3 Å². The Labute approximate surface area is 271 Å². The van der Waals surface area contributed by atoms with Gasteiger partial charge in [0, 0.05) is 44.0 Å². The van der Waals surface area contributed by atoms with Crippen molar-refractivity contribution in [1.29, 1.82) is 0 Å². The number of amides is 1. The third-order valence-electron chi connectivity index (χ3n) is 6.57. The van der Waals surface area contributed by atoms with Gasteiger partial charge in [-0.25, -0.2) is 10.2 Å². The fourth-order valence-electron chi connectivity index (χ4n) is 4.53. The molecule has 0 aliphatic rings. The maximum Gasteiger partial charge on any atom is 0.343 e. The normalized spacial score (nSPS) is 11.0. The second kappa shape index (κ2) is 13.7. The lowest BCUT2D eigenvalue weighted by Crippen LogP contribution is -2.19. The molecule has 1 aromatic heterocycles. The Hall–Kier alpha value is -5.13. The van der Waals surface area contributed by atoms with Gasteiger partial charge in [0.25, 0.3) is 5.91 Å². The van der Waals surface area contributed by atoms with Crippen molar-refractivity contribution in [1.82, 2.24) is 10.4 Å². The van der Waals surface area contributed by atoms with Gasteiger partial charge in [0.2, 0.25) is 0 Å². The van der Waals surface area contributed by atoms with E-state index in [0.717, 1.165) is 5.39 Å². The highest BCUT2D eigenvalue weighted by atomic mass is 79.9. The smallest absolute Gasteiger partial charge is 0.343 e. The van der Waals surface area contributed by atoms with Crippen molar-refractivity contribution in [3.63, 3.8) is 0 Å². The first-order valence-electron chi connectivity index (χ1n) is 13.3. The molecule has 0 bridgehead atoms. The molecule has 0 aliphatic heterocycles. The van der Waals surface area contributed by atoms with Gasteiger partial charge in [-0.05, 0) is 60.7 Å². The molecule has 0 unspecified atom stereocenters. The molecule has 0 aliphatic carbocycles. The minimum Gasteiger partial charge on any atom is -0.497 e. The average Bonchev–Trinajstić information content (AvgIpc) is 3.41. The Morgan fingerprint density at radius 1 is 0.889 bits per heavy atom. The van der Waals surface area contributed by atoms with E-state index in [9.17, 15) is 14.4 Å². The maximum atomic E-state index is 13.5. The summed E-state index contributed by atoms with van der Waals surface area (Å²) in [5.74, 6) is -0.591. The zero-order valence-corrected chi connectivity index (χ0v) is 26.5. The van der Waals surface area contributed by atoms with E-state index in [4.69, 9.17) is 30.5 Å². The number of hydrazone groups is 1. The largest absolute Gasteiger partial charge is 0.497 e. The van der Waals surface area contributed by atoms with Crippen LogP contribution >= 0.6 is 27.5 Å². The lowest BCUT2D eigenvalue weighted by atomic mass is 10.0. The summed E-state index contributed by atoms with van der Waals surface area (Å²) in [5, 5.41) is 5.36. The van der Waals surface area contributed by atoms with E-state index in [1.807, 2.05) is 30.3 Å². The fourth-order valence-corrected chi connectivity index (χ4v) is 5.14. The summed E-state index contributed by atoms with van der Waals surface area (Å²) in [6.45, 7) is 1.26. The third kappa shape index (κ3) is 7.00. The molecule has 5 rings (SSSR count). The summed E-state index contributed by atoms with van der Waals surface area (Å²) in [5.41, 5.74) is 5.30. The number of aromatic nitrogens is 1. The SMILES string of the molecule is COc1ccc2[nH]c(C(=O)NN=Cc3cc(Br)ccc3OC(=O)c3ccc(OC(C)=O)c(OC)c3)c(-c3ccccc3Cl)c2c1. The molecule has 1 amide bonds. The zero-order valence-electron chi connectivity index (χ0n) is 24.1. The average molecular weight is 691 g/mol. The number of benzene rings is 4. The Kier molecular flexibility index (Phi) is 9.50. The highest BCUT2D eigenvalue weighted by molar-refractivity contribution is 9.10. The van der Waals surface area contributed by atoms with E-state index in [-0.39, 0.29) is 28.5 Å². The Morgan fingerprint density at radius 2 is 1.67 bits per heavy atom. The number of nitrogens with zero attached hydrogens (tertiary/aromatic N) is 1. The summed E-state index contributed by atoms with van der Waals surface area (Å²) in [6.07, 6.45) is 1.36. The molecule has 45 heavy (non-hydrogen) atoms. The van der Waals surface area contributed by atoms with Gasteiger partial charge in [-0.3, -0.25) is 9.59 Å². The van der Waals surface area contributed by atoms with Crippen LogP contribution < -0.4 is 24.4 Å². The molecule has 12 heteroatoms. The number of hydrogen-bond acceptors (Lipinski definition) is 8. The van der Waals surface area contributed by atoms with E-state index >= 15 is 0 Å². The van der Waals surface area contributed by atoms with Crippen molar-refractivity contribution in [2.75, 3.05) is 14.2 Å². The molecule has 0 saturated heterocycles. The Balaban J connectivity index is 1.40. The number of aromatic amines is 1. The molecular weight excluding hydrogens is 666 g/mol. The summed E-state index contributed by atoms with van der Waals surface area (Å²) in [7, 11) is 2.95. The topological polar surface area (TPSA) is 128 Å². The van der Waals surface area contributed by atoms with Crippen LogP contribution in [0.2, 0.25) is 5.02 Å². The number of hydrogen-bond donors (Lipinski definition) is 2. The number of methoxy groups -OCH3 is 2. The van der Waals surface area contributed by atoms with Gasteiger partial charge in [0.05, 0.1) is 26.0 Å². The van der Waals surface area contributed by atoms with Gasteiger partial charge in [-0.15, -0.1) is 0 Å². The van der Waals surface area contributed by atoms with Crippen molar-refractivity contribution in [2.24, 2.45) is 5.10 Å². The minimum absolute atomic E-state index is 0.157. The van der Waals surface area contributed by atoms with Crippen molar-refractivity contribution >= 4 is 62.5 Å². The molecule has 0 fully saturated rings. The number of halogens is 2. The van der Waals surface area contributed by atoms with Gasteiger partial charge >= 0.3 is 11.9 Å². The van der Waals surface area contributed by atoms with Crippen LogP contribution in [0.15, 0.2) is 88.4 Å². The van der Waals surface area contributed by atoms with Crippen LogP contribution in [-0.2, 0) is 4.79 Å². The van der Waals surface area contributed by atoms with E-state index < -0.39 is 17.8 Å². The molecule has 0 spiro atoms. The molecule has 0 radical (unpaired) electrons. The molecule has 2 N–H and O–H groups in total. The first-order chi connectivity index (χ1) is 21.7. The number of fused-ring (bicyclic) bond motifs is 1. The minimum atomic E-state index is -0.693. The van der Waals surface area contributed by atoms with Gasteiger partial charge in [0.15, 0.2) is 11.5 Å². The number of H-pyrrole nitrogens is 1. The lowest BCUT2D eigenvalue weighted by molar-refractivity contribution is -0.132. The van der Waals surface area contributed by atoms with Gasteiger partial charge in [0.1, 0.15) is 17.2 Å². The van der Waals surface area contributed by atoms with Crippen molar-refractivity contribution in [3.8, 4) is 34.1 Å². The van der Waals surface area contributed by atoms with Gasteiger partial charge in [-0.2, -0.15) is 5.10 Å². The lowest BCUT2D eigenvalue weighted by Gasteiger charge is -2.11. The standard InChI is InChI=1S/C33H25BrClN3O7/c1-18(39)44-28-12-8-19(15-29(28)43-3)33(41)45-27-13-9-21(34)14-20(27)17-36-38-32(40)31-30(23-6-4-5-7-25(23)35)24-16-22(42-2)10-11-26(24)37-31/h4-17,37H,1-3H3,(H,38,40). The molecule has 4 aromatic carbocycles. The number of nitrogens with one attached hydrogen (secondary N) is 2. The molecule has 10 nitrogen and oxygen atoms in total. The highest BCUT2D eigenvalue weighted by Gasteiger charge is 2.22. The van der Waals surface area contributed by atoms with E-state index in [1.54, 1.807) is 37.4 Å². The van der Waals surface area contributed by atoms with E-state index in [1.165, 1.54) is 38.4 Å². The third-order valence-corrected chi connectivity index (χ3v) is 7.40. The van der Waals surface area contributed by atoms with Crippen molar-refractivity contribution in [2.45, 2.75) is 6.92 Å². The summed E-state index contributed by atoms with van der Waals surface area (Å²) >= 11 is 9.94. The molecular formula is C33H25BrClN3O7. The van der Waals surface area contributed by atoms with Crippen LogP contribution in [0, 0.1) is 0 Å². The first kappa shape index (κ1) is 31.3. The highest BCUT2D eigenvalue weighted by Crippen LogP contribution is 2.38. The van der Waals surface area contributed by atoms with E-state index in [0.29, 0.717) is 37.5 Å². The summed E-state index contributed by atoms with van der Waals surface area (Å²) < 4.78 is 22.1. The second-order valence-corrected chi connectivity index (χ2v) is 10.8. The number of carbonyl (C=O) groups excluding carboxylic acids is 3. The van der Waals surface area contributed by atoms with Gasteiger partial charge < -0.3 is 23.9 Å². The van der Waals surface area contributed by atoms with Crippen LogP contribution in [0.3, 0.4) is 0 Å². The first-order valence-corrected chi connectivity index (χ1v) is 14.5. The van der Waals surface area contributed by atoms with Crippen molar-refractivity contribution < 1.29 is 33.3 Å². The number of rotatable bonds is 9. The number of esters is 2. The van der Waals surface area contributed by atoms with Crippen molar-refractivity contribution in [3.05, 3.63) is 105 Å². The van der Waals surface area contributed by atoms with Crippen LogP contribution in [0.25, 0.3) is 22.0 Å². The Morgan fingerprint density at radius 3 is 2.40 bits per heavy atom. The zero-order chi connectivity index (χ0) is 32.1. The second-order valence-electron chi connectivity index (χ2n) is 9.50. The molecule has 0 saturated carbocycles. The maximum absolute atomic E-state index is 13.5.